The first-order valence-corrected chi connectivity index (χ1v) is 9.06. The molecule has 0 saturated heterocycles. The number of aromatic nitrogens is 3. The maximum atomic E-state index is 13.4. The van der Waals surface area contributed by atoms with Crippen LogP contribution in [0.3, 0.4) is 0 Å². The fourth-order valence-electron chi connectivity index (χ4n) is 3.23. The zero-order valence-electron chi connectivity index (χ0n) is 15.5. The minimum atomic E-state index is -4.86. The molecule has 3 heterocycles. The van der Waals surface area contributed by atoms with E-state index in [4.69, 9.17) is 0 Å². The standard InChI is InChI=1S/C22H15F4N3O/c23-19-6-4-14(9-18(19)22(24,25)26)20(30)10-16-5-3-13(11-28-16)8-15-12-29-21-17(15)2-1-7-27-21/h1-7,9,11-12H,8,10H2,(H,27,29). The topological polar surface area (TPSA) is 58.6 Å². The van der Waals surface area contributed by atoms with Gasteiger partial charge in [-0.1, -0.05) is 6.07 Å². The van der Waals surface area contributed by atoms with Crippen LogP contribution in [0, 0.1) is 5.82 Å². The van der Waals surface area contributed by atoms with Crippen molar-refractivity contribution in [2.24, 2.45) is 0 Å². The lowest BCUT2D eigenvalue weighted by atomic mass is 10.0. The van der Waals surface area contributed by atoms with Gasteiger partial charge in [0.1, 0.15) is 11.5 Å². The van der Waals surface area contributed by atoms with Gasteiger partial charge in [-0.25, -0.2) is 9.37 Å². The van der Waals surface area contributed by atoms with Gasteiger partial charge in [0.2, 0.25) is 0 Å². The number of nitrogens with zero attached hydrogens (tertiary/aromatic N) is 2. The number of carbonyl (C=O) groups excluding carboxylic acids is 1. The molecule has 4 aromatic rings. The van der Waals surface area contributed by atoms with Crippen molar-refractivity contribution >= 4 is 16.8 Å². The van der Waals surface area contributed by atoms with E-state index in [1.807, 2.05) is 24.4 Å². The quantitative estimate of drug-likeness (QED) is 0.364. The van der Waals surface area contributed by atoms with E-state index in [-0.39, 0.29) is 12.0 Å². The molecule has 0 radical (unpaired) electrons. The van der Waals surface area contributed by atoms with Crippen LogP contribution in [0.1, 0.15) is 32.7 Å². The molecule has 0 aliphatic rings. The SMILES string of the molecule is O=C(Cc1ccc(Cc2c[nH]c3ncccc23)cn1)c1ccc(F)c(C(F)(F)F)c1. The minimum Gasteiger partial charge on any atom is -0.346 e. The van der Waals surface area contributed by atoms with Crippen LogP contribution in [0.15, 0.2) is 61.1 Å². The van der Waals surface area contributed by atoms with E-state index in [0.717, 1.165) is 28.2 Å². The molecule has 3 aromatic heterocycles. The van der Waals surface area contributed by atoms with E-state index in [9.17, 15) is 22.4 Å². The number of pyridine rings is 2. The van der Waals surface area contributed by atoms with E-state index in [0.29, 0.717) is 24.2 Å². The average molecular weight is 413 g/mol. The number of alkyl halides is 3. The van der Waals surface area contributed by atoms with E-state index < -0.39 is 23.3 Å². The van der Waals surface area contributed by atoms with Gasteiger partial charge in [0, 0.05) is 41.7 Å². The first-order valence-electron chi connectivity index (χ1n) is 9.06. The summed E-state index contributed by atoms with van der Waals surface area (Å²) >= 11 is 0. The summed E-state index contributed by atoms with van der Waals surface area (Å²) in [6, 6.07) is 9.54. The zero-order chi connectivity index (χ0) is 21.3. The summed E-state index contributed by atoms with van der Waals surface area (Å²) in [5, 5.41) is 1.01. The van der Waals surface area contributed by atoms with Gasteiger partial charge in [0.25, 0.3) is 0 Å². The molecule has 1 N–H and O–H groups in total. The number of hydrogen-bond donors (Lipinski definition) is 1. The highest BCUT2D eigenvalue weighted by molar-refractivity contribution is 5.97. The van der Waals surface area contributed by atoms with Crippen molar-refractivity contribution in [2.45, 2.75) is 19.0 Å². The Hall–Kier alpha value is -3.55. The Morgan fingerprint density at radius 2 is 1.90 bits per heavy atom. The molecule has 0 atom stereocenters. The number of nitrogens with one attached hydrogen (secondary N) is 1. The molecule has 1 aromatic carbocycles. The number of benzene rings is 1. The van der Waals surface area contributed by atoms with Crippen LogP contribution in [0.2, 0.25) is 0 Å². The van der Waals surface area contributed by atoms with E-state index >= 15 is 0 Å². The Balaban J connectivity index is 1.48. The first kappa shape index (κ1) is 19.8. The molecule has 4 rings (SSSR count). The van der Waals surface area contributed by atoms with Gasteiger partial charge < -0.3 is 4.98 Å². The molecule has 0 aliphatic heterocycles. The fraction of sp³-hybridized carbons (Fsp3) is 0.136. The summed E-state index contributed by atoms with van der Waals surface area (Å²) in [6.07, 6.45) is 0.776. The molecule has 0 fully saturated rings. The van der Waals surface area contributed by atoms with Gasteiger partial charge in [0.15, 0.2) is 5.78 Å². The van der Waals surface area contributed by atoms with Crippen LogP contribution in [0.4, 0.5) is 17.6 Å². The van der Waals surface area contributed by atoms with E-state index in [1.54, 1.807) is 18.5 Å². The molecule has 30 heavy (non-hydrogen) atoms. The van der Waals surface area contributed by atoms with Gasteiger partial charge >= 0.3 is 6.18 Å². The lowest BCUT2D eigenvalue weighted by Crippen LogP contribution is -2.12. The van der Waals surface area contributed by atoms with Crippen molar-refractivity contribution in [1.82, 2.24) is 15.0 Å². The second-order valence-electron chi connectivity index (χ2n) is 6.84. The van der Waals surface area contributed by atoms with Crippen LogP contribution < -0.4 is 0 Å². The van der Waals surface area contributed by atoms with Crippen LogP contribution in [0.5, 0.6) is 0 Å². The minimum absolute atomic E-state index is 0.180. The second kappa shape index (κ2) is 7.70. The Morgan fingerprint density at radius 1 is 1.07 bits per heavy atom. The predicted molar refractivity (Wildman–Crippen MR) is 103 cm³/mol. The molecule has 0 saturated carbocycles. The summed E-state index contributed by atoms with van der Waals surface area (Å²) in [4.78, 5) is 23.9. The van der Waals surface area contributed by atoms with Gasteiger partial charge in [0.05, 0.1) is 12.0 Å². The number of hydrogen-bond acceptors (Lipinski definition) is 3. The third-order valence-corrected chi connectivity index (χ3v) is 4.75. The molecular formula is C22H15F4N3O. The first-order chi connectivity index (χ1) is 14.3. The fourth-order valence-corrected chi connectivity index (χ4v) is 3.23. The highest BCUT2D eigenvalue weighted by Crippen LogP contribution is 2.32. The van der Waals surface area contributed by atoms with Gasteiger partial charge in [-0.15, -0.1) is 0 Å². The van der Waals surface area contributed by atoms with Crippen LogP contribution in [0.25, 0.3) is 11.0 Å². The number of H-pyrrole nitrogens is 1. The Bertz CT molecular complexity index is 1210. The van der Waals surface area contributed by atoms with E-state index in [1.165, 1.54) is 0 Å². The lowest BCUT2D eigenvalue weighted by molar-refractivity contribution is -0.140. The molecule has 152 valence electrons. The monoisotopic (exact) mass is 413 g/mol. The summed E-state index contributed by atoms with van der Waals surface area (Å²) in [5.74, 6) is -1.97. The van der Waals surface area contributed by atoms with E-state index in [2.05, 4.69) is 15.0 Å². The van der Waals surface area contributed by atoms with Gasteiger partial charge in [-0.3, -0.25) is 9.78 Å². The predicted octanol–water partition coefficient (Wildman–Crippen LogP) is 5.13. The highest BCUT2D eigenvalue weighted by atomic mass is 19.4. The smallest absolute Gasteiger partial charge is 0.346 e. The summed E-state index contributed by atoms with van der Waals surface area (Å²) in [7, 11) is 0. The largest absolute Gasteiger partial charge is 0.419 e. The molecule has 0 spiro atoms. The third-order valence-electron chi connectivity index (χ3n) is 4.75. The molecule has 0 unspecified atom stereocenters. The Morgan fingerprint density at radius 3 is 2.63 bits per heavy atom. The molecular weight excluding hydrogens is 398 g/mol. The summed E-state index contributed by atoms with van der Waals surface area (Å²) < 4.78 is 51.9. The zero-order valence-corrected chi connectivity index (χ0v) is 15.5. The third kappa shape index (κ3) is 4.07. The molecule has 4 nitrogen and oxygen atoms in total. The van der Waals surface area contributed by atoms with Crippen LogP contribution >= 0.6 is 0 Å². The molecule has 0 bridgehead atoms. The number of carbonyl (C=O) groups is 1. The van der Waals surface area contributed by atoms with Crippen molar-refractivity contribution in [1.29, 1.82) is 0 Å². The summed E-state index contributed by atoms with van der Waals surface area (Å²) in [6.45, 7) is 0. The molecule has 8 heteroatoms. The molecule has 0 amide bonds. The van der Waals surface area contributed by atoms with Crippen molar-refractivity contribution < 1.29 is 22.4 Å². The maximum absolute atomic E-state index is 13.4. The number of Topliss-reactive ketones (excluding diaryl/α,β-unsaturated/α-hetero) is 1. The second-order valence-corrected chi connectivity index (χ2v) is 6.84. The number of aromatic amines is 1. The average Bonchev–Trinajstić information content (AvgIpc) is 3.12. The van der Waals surface area contributed by atoms with Crippen molar-refractivity contribution in [3.05, 3.63) is 94.8 Å². The molecule has 0 aliphatic carbocycles. The normalized spacial score (nSPS) is 11.7. The van der Waals surface area contributed by atoms with Crippen molar-refractivity contribution in [3.8, 4) is 0 Å². The van der Waals surface area contributed by atoms with Crippen LogP contribution in [-0.4, -0.2) is 20.7 Å². The highest BCUT2D eigenvalue weighted by Gasteiger charge is 2.34. The summed E-state index contributed by atoms with van der Waals surface area (Å²) in [5.41, 5.74) is 1.51. The lowest BCUT2D eigenvalue weighted by Gasteiger charge is -2.09. The van der Waals surface area contributed by atoms with Gasteiger partial charge in [-0.2, -0.15) is 13.2 Å². The number of ketones is 1. The Labute approximate surface area is 168 Å². The van der Waals surface area contributed by atoms with Crippen molar-refractivity contribution in [3.63, 3.8) is 0 Å². The number of halogens is 4. The van der Waals surface area contributed by atoms with Crippen LogP contribution in [-0.2, 0) is 19.0 Å². The Kier molecular flexibility index (Phi) is 5.07. The van der Waals surface area contributed by atoms with Gasteiger partial charge in [-0.05, 0) is 47.5 Å². The number of fused-ring (bicyclic) bond motifs is 1. The number of rotatable bonds is 5. The van der Waals surface area contributed by atoms with Crippen molar-refractivity contribution in [2.75, 3.05) is 0 Å². The maximum Gasteiger partial charge on any atom is 0.419 e.